The lowest BCUT2D eigenvalue weighted by atomic mass is 10.1. The highest BCUT2D eigenvalue weighted by atomic mass is 16.5. The number of nitrogens with one attached hydrogen (secondary N) is 3. The van der Waals surface area contributed by atoms with E-state index in [1.165, 1.54) is 7.11 Å². The highest BCUT2D eigenvalue weighted by Gasteiger charge is 2.31. The number of benzene rings is 2. The molecule has 172 valence electrons. The number of amides is 2. The Morgan fingerprint density at radius 1 is 1.27 bits per heavy atom. The minimum atomic E-state index is -1.07. The van der Waals surface area contributed by atoms with Gasteiger partial charge in [0.05, 0.1) is 30.6 Å². The molecule has 33 heavy (non-hydrogen) atoms. The van der Waals surface area contributed by atoms with Gasteiger partial charge in [-0.15, -0.1) is 0 Å². The van der Waals surface area contributed by atoms with Crippen molar-refractivity contribution < 1.29 is 24.2 Å². The summed E-state index contributed by atoms with van der Waals surface area (Å²) in [7, 11) is 1.54. The van der Waals surface area contributed by atoms with E-state index in [1.807, 2.05) is 24.3 Å². The number of hydrogen-bond donors (Lipinski definition) is 4. The molecule has 2 heterocycles. The Kier molecular flexibility index (Phi) is 6.55. The van der Waals surface area contributed by atoms with Crippen LogP contribution in [0.1, 0.15) is 28.2 Å². The molecule has 0 saturated carbocycles. The second-order valence-corrected chi connectivity index (χ2v) is 7.80. The van der Waals surface area contributed by atoms with Gasteiger partial charge in [0.15, 0.2) is 0 Å². The van der Waals surface area contributed by atoms with E-state index in [4.69, 9.17) is 4.74 Å². The van der Waals surface area contributed by atoms with Crippen LogP contribution in [-0.2, 0) is 27.4 Å². The smallest absolute Gasteiger partial charge is 0.305 e. The molecular formula is C23H25N5O5. The quantitative estimate of drug-likeness (QED) is 0.409. The summed E-state index contributed by atoms with van der Waals surface area (Å²) < 4.78 is 5.09. The lowest BCUT2D eigenvalue weighted by Gasteiger charge is -2.23. The van der Waals surface area contributed by atoms with Crippen molar-refractivity contribution in [2.45, 2.75) is 25.6 Å². The molecule has 4 N–H and O–H groups in total. The molecule has 10 nitrogen and oxygen atoms in total. The number of nitrogens with zero attached hydrogens (tertiary/aromatic N) is 2. The van der Waals surface area contributed by atoms with Crippen molar-refractivity contribution in [3.63, 3.8) is 0 Å². The average molecular weight is 451 g/mol. The predicted molar refractivity (Wildman–Crippen MR) is 121 cm³/mol. The second kappa shape index (κ2) is 9.70. The normalized spacial score (nSPS) is 15.6. The zero-order valence-corrected chi connectivity index (χ0v) is 18.1. The molecule has 0 radical (unpaired) electrons. The summed E-state index contributed by atoms with van der Waals surface area (Å²) in [6.07, 6.45) is -0.346. The number of H-pyrrole nitrogens is 1. The first-order valence-electron chi connectivity index (χ1n) is 10.6. The first kappa shape index (κ1) is 22.3. The first-order chi connectivity index (χ1) is 15.9. The molecule has 0 saturated heterocycles. The number of carboxylic acid groups (broad SMARTS) is 1. The van der Waals surface area contributed by atoms with E-state index in [-0.39, 0.29) is 31.3 Å². The second-order valence-electron chi connectivity index (χ2n) is 7.80. The van der Waals surface area contributed by atoms with Gasteiger partial charge in [-0.25, -0.2) is 4.98 Å². The van der Waals surface area contributed by atoms with Gasteiger partial charge in [0.25, 0.3) is 5.91 Å². The zero-order valence-electron chi connectivity index (χ0n) is 18.1. The Labute approximate surface area is 189 Å². The number of fused-ring (bicyclic) bond motifs is 2. The summed E-state index contributed by atoms with van der Waals surface area (Å²) in [4.78, 5) is 46.1. The average Bonchev–Trinajstić information content (AvgIpc) is 3.17. The Morgan fingerprint density at radius 2 is 2.09 bits per heavy atom. The van der Waals surface area contributed by atoms with E-state index in [1.54, 1.807) is 23.1 Å². The van der Waals surface area contributed by atoms with Crippen LogP contribution in [0.15, 0.2) is 42.5 Å². The summed E-state index contributed by atoms with van der Waals surface area (Å²) in [6.45, 7) is 1.11. The van der Waals surface area contributed by atoms with E-state index >= 15 is 0 Å². The third kappa shape index (κ3) is 5.12. The van der Waals surface area contributed by atoms with Gasteiger partial charge >= 0.3 is 5.97 Å². The number of carboxylic acids is 1. The molecule has 1 unspecified atom stereocenters. The van der Waals surface area contributed by atoms with Crippen LogP contribution in [0.5, 0.6) is 0 Å². The number of imidazole rings is 1. The van der Waals surface area contributed by atoms with Crippen molar-refractivity contribution in [3.05, 3.63) is 59.4 Å². The van der Waals surface area contributed by atoms with Gasteiger partial charge in [-0.3, -0.25) is 14.4 Å². The van der Waals surface area contributed by atoms with Crippen molar-refractivity contribution >= 4 is 34.5 Å². The topological polar surface area (TPSA) is 137 Å². The van der Waals surface area contributed by atoms with E-state index in [2.05, 4.69) is 20.6 Å². The van der Waals surface area contributed by atoms with Crippen molar-refractivity contribution in [3.8, 4) is 0 Å². The molecule has 1 aliphatic heterocycles. The fourth-order valence-corrected chi connectivity index (χ4v) is 3.82. The minimum absolute atomic E-state index is 0.238. The number of aromatic amines is 1. The monoisotopic (exact) mass is 451 g/mol. The number of para-hydroxylation sites is 2. The lowest BCUT2D eigenvalue weighted by molar-refractivity contribution is -0.141. The molecule has 4 rings (SSSR count). The van der Waals surface area contributed by atoms with Crippen LogP contribution < -0.4 is 10.6 Å². The van der Waals surface area contributed by atoms with Crippen LogP contribution in [0.25, 0.3) is 11.0 Å². The van der Waals surface area contributed by atoms with Gasteiger partial charge in [0.1, 0.15) is 11.9 Å². The summed E-state index contributed by atoms with van der Waals surface area (Å²) in [5.41, 5.74) is 3.51. The van der Waals surface area contributed by atoms with E-state index in [0.29, 0.717) is 30.2 Å². The van der Waals surface area contributed by atoms with E-state index in [9.17, 15) is 19.5 Å². The van der Waals surface area contributed by atoms with Crippen molar-refractivity contribution in [2.75, 3.05) is 25.6 Å². The summed E-state index contributed by atoms with van der Waals surface area (Å²) in [5.74, 6) is -1.02. The highest BCUT2D eigenvalue weighted by molar-refractivity contribution is 5.95. The van der Waals surface area contributed by atoms with Crippen LogP contribution in [0, 0.1) is 0 Å². The molecule has 1 aromatic heterocycles. The number of carbonyl (C=O) groups is 3. The highest BCUT2D eigenvalue weighted by Crippen LogP contribution is 2.25. The standard InChI is InChI=1S/C23H25N5O5/c1-33-9-8-28-13-15-10-14(6-7-16(15)25-19(23(28)32)11-21(29)30)22(31)24-12-20-26-17-4-2-3-5-18(17)27-20/h2-7,10,19,25H,8-9,11-13H2,1H3,(H,24,31)(H,26,27)(H,29,30). The number of aromatic nitrogens is 2. The zero-order chi connectivity index (χ0) is 23.4. The van der Waals surface area contributed by atoms with Crippen LogP contribution >= 0.6 is 0 Å². The van der Waals surface area contributed by atoms with Gasteiger partial charge < -0.3 is 30.4 Å². The predicted octanol–water partition coefficient (Wildman–Crippen LogP) is 1.74. The fourth-order valence-electron chi connectivity index (χ4n) is 3.82. The van der Waals surface area contributed by atoms with Gasteiger partial charge in [0, 0.05) is 31.5 Å². The number of carbonyl (C=O) groups excluding carboxylic acids is 2. The number of rotatable bonds is 8. The molecular weight excluding hydrogens is 426 g/mol. The molecule has 0 aliphatic carbocycles. The maximum absolute atomic E-state index is 12.9. The molecule has 0 spiro atoms. The molecule has 2 aromatic carbocycles. The fraction of sp³-hybridized carbons (Fsp3) is 0.304. The van der Waals surface area contributed by atoms with Crippen molar-refractivity contribution in [1.82, 2.24) is 20.2 Å². The number of aliphatic carboxylic acids is 1. The van der Waals surface area contributed by atoms with Gasteiger partial charge in [-0.1, -0.05) is 12.1 Å². The number of anilines is 1. The van der Waals surface area contributed by atoms with Crippen molar-refractivity contribution in [2.24, 2.45) is 0 Å². The SMILES string of the molecule is COCCN1Cc2cc(C(=O)NCc3nc4ccccc4[nH]3)ccc2NC(CC(=O)O)C1=O. The molecule has 3 aromatic rings. The van der Waals surface area contributed by atoms with Crippen LogP contribution in [0.2, 0.25) is 0 Å². The molecule has 10 heteroatoms. The number of methoxy groups -OCH3 is 1. The largest absolute Gasteiger partial charge is 0.481 e. The Bertz CT molecular complexity index is 1160. The minimum Gasteiger partial charge on any atom is -0.481 e. The number of ether oxygens (including phenoxy) is 1. The Hall–Kier alpha value is -3.92. The molecule has 2 amide bonds. The Morgan fingerprint density at radius 3 is 2.85 bits per heavy atom. The summed E-state index contributed by atoms with van der Waals surface area (Å²) in [6, 6.07) is 11.8. The van der Waals surface area contributed by atoms with Gasteiger partial charge in [-0.05, 0) is 35.9 Å². The molecule has 0 fully saturated rings. The van der Waals surface area contributed by atoms with Crippen molar-refractivity contribution in [1.29, 1.82) is 0 Å². The summed E-state index contributed by atoms with van der Waals surface area (Å²) in [5, 5.41) is 15.1. The van der Waals surface area contributed by atoms with E-state index < -0.39 is 12.0 Å². The maximum Gasteiger partial charge on any atom is 0.305 e. The number of hydrogen-bond acceptors (Lipinski definition) is 6. The van der Waals surface area contributed by atoms with E-state index in [0.717, 1.165) is 16.6 Å². The molecule has 1 atom stereocenters. The van der Waals surface area contributed by atoms with Crippen LogP contribution in [-0.4, -0.2) is 64.1 Å². The van der Waals surface area contributed by atoms with Gasteiger partial charge in [0.2, 0.25) is 5.91 Å². The molecule has 0 bridgehead atoms. The van der Waals surface area contributed by atoms with Gasteiger partial charge in [-0.2, -0.15) is 0 Å². The van der Waals surface area contributed by atoms with Crippen LogP contribution in [0.4, 0.5) is 5.69 Å². The molecule has 1 aliphatic rings. The maximum atomic E-state index is 12.9. The lowest BCUT2D eigenvalue weighted by Crippen LogP contribution is -2.42. The Balaban J connectivity index is 1.51. The van der Waals surface area contributed by atoms with Crippen LogP contribution in [0.3, 0.4) is 0 Å². The third-order valence-electron chi connectivity index (χ3n) is 5.47. The summed E-state index contributed by atoms with van der Waals surface area (Å²) >= 11 is 0. The first-order valence-corrected chi connectivity index (χ1v) is 10.6. The third-order valence-corrected chi connectivity index (χ3v) is 5.47.